The maximum atomic E-state index is 5.73. The Kier molecular flexibility index (Phi) is 3.53. The van der Waals surface area contributed by atoms with E-state index in [9.17, 15) is 0 Å². The number of nitrogens with two attached hydrogens (primary N) is 1. The molecule has 0 unspecified atom stereocenters. The van der Waals surface area contributed by atoms with Gasteiger partial charge < -0.3 is 15.1 Å². The quantitative estimate of drug-likeness (QED) is 0.661. The van der Waals surface area contributed by atoms with Gasteiger partial charge in [0.2, 0.25) is 0 Å². The molecule has 2 heterocycles. The minimum absolute atomic E-state index is 0.477. The number of thioether (sulfide) groups is 1. The third-order valence-electron chi connectivity index (χ3n) is 2.26. The number of nitrogen functional groups attached to an aromatic ring is 1. The first-order chi connectivity index (χ1) is 8.19. The molecule has 2 aromatic heterocycles. The zero-order valence-corrected chi connectivity index (χ0v) is 10.6. The maximum Gasteiger partial charge on any atom is 0.191 e. The molecule has 0 aromatic carbocycles. The van der Waals surface area contributed by atoms with Crippen LogP contribution < -0.4 is 10.6 Å². The Balaban J connectivity index is 2.18. The summed E-state index contributed by atoms with van der Waals surface area (Å²) in [5, 5.41) is 0.672. The van der Waals surface area contributed by atoms with Crippen molar-refractivity contribution in [3.8, 4) is 0 Å². The molecule has 0 spiro atoms. The van der Waals surface area contributed by atoms with Gasteiger partial charge >= 0.3 is 0 Å². The zero-order valence-electron chi connectivity index (χ0n) is 9.75. The molecule has 2 N–H and O–H groups in total. The van der Waals surface area contributed by atoms with Crippen molar-refractivity contribution in [2.45, 2.75) is 11.7 Å². The molecule has 2 rings (SSSR count). The molecule has 0 aliphatic carbocycles. The Labute approximate surface area is 104 Å². The molecular formula is C11H14N4OS. The van der Waals surface area contributed by atoms with Gasteiger partial charge in [-0.3, -0.25) is 0 Å². The SMILES string of the molecule is CSc1nc(N)cc(N(C)Cc2ccco2)n1. The van der Waals surface area contributed by atoms with E-state index in [0.29, 0.717) is 17.5 Å². The van der Waals surface area contributed by atoms with Crippen LogP contribution >= 0.6 is 11.8 Å². The molecule has 5 nitrogen and oxygen atoms in total. The highest BCUT2D eigenvalue weighted by atomic mass is 32.2. The lowest BCUT2D eigenvalue weighted by molar-refractivity contribution is 0.506. The zero-order chi connectivity index (χ0) is 12.3. The molecule has 0 fully saturated rings. The maximum absolute atomic E-state index is 5.73. The summed E-state index contributed by atoms with van der Waals surface area (Å²) in [6.45, 7) is 0.650. The van der Waals surface area contributed by atoms with Gasteiger partial charge in [0.1, 0.15) is 17.4 Å². The summed E-state index contributed by atoms with van der Waals surface area (Å²) in [5.41, 5.74) is 5.73. The number of anilines is 2. The van der Waals surface area contributed by atoms with E-state index < -0.39 is 0 Å². The van der Waals surface area contributed by atoms with Crippen LogP contribution in [0, 0.1) is 0 Å². The molecule has 0 amide bonds. The highest BCUT2D eigenvalue weighted by molar-refractivity contribution is 7.98. The molecule has 2 aromatic rings. The van der Waals surface area contributed by atoms with E-state index in [2.05, 4.69) is 9.97 Å². The molecule has 0 saturated heterocycles. The Morgan fingerprint density at radius 2 is 2.29 bits per heavy atom. The normalized spacial score (nSPS) is 10.5. The molecule has 0 aliphatic rings. The first kappa shape index (κ1) is 11.8. The summed E-state index contributed by atoms with van der Waals surface area (Å²) in [7, 11) is 1.94. The highest BCUT2D eigenvalue weighted by Crippen LogP contribution is 2.19. The third-order valence-corrected chi connectivity index (χ3v) is 2.81. The molecule has 6 heteroatoms. The fourth-order valence-corrected chi connectivity index (χ4v) is 1.82. The summed E-state index contributed by atoms with van der Waals surface area (Å²) in [6, 6.07) is 5.55. The van der Waals surface area contributed by atoms with Gasteiger partial charge in [-0.25, -0.2) is 9.97 Å². The number of rotatable bonds is 4. The average molecular weight is 250 g/mol. The smallest absolute Gasteiger partial charge is 0.191 e. The van der Waals surface area contributed by atoms with Gasteiger partial charge in [0.15, 0.2) is 5.16 Å². The Morgan fingerprint density at radius 3 is 2.94 bits per heavy atom. The van der Waals surface area contributed by atoms with E-state index in [1.165, 1.54) is 11.8 Å². The standard InChI is InChI=1S/C11H14N4OS/c1-15(7-8-4-3-5-16-8)10-6-9(12)13-11(14-10)17-2/h3-6H,7H2,1-2H3,(H2,12,13,14). The second-order valence-electron chi connectivity index (χ2n) is 3.57. The van der Waals surface area contributed by atoms with E-state index in [0.717, 1.165) is 11.6 Å². The topological polar surface area (TPSA) is 68.2 Å². The van der Waals surface area contributed by atoms with Crippen LogP contribution in [-0.2, 0) is 6.54 Å². The molecule has 0 saturated carbocycles. The van der Waals surface area contributed by atoms with Crippen LogP contribution in [0.2, 0.25) is 0 Å². The van der Waals surface area contributed by atoms with Crippen molar-refractivity contribution in [1.82, 2.24) is 9.97 Å². The van der Waals surface area contributed by atoms with Gasteiger partial charge in [-0.1, -0.05) is 11.8 Å². The molecular weight excluding hydrogens is 236 g/mol. The van der Waals surface area contributed by atoms with Crippen LogP contribution in [-0.4, -0.2) is 23.3 Å². The van der Waals surface area contributed by atoms with Gasteiger partial charge in [0.05, 0.1) is 12.8 Å². The number of hydrogen-bond donors (Lipinski definition) is 1. The van der Waals surface area contributed by atoms with E-state index in [1.807, 2.05) is 30.3 Å². The second kappa shape index (κ2) is 5.09. The van der Waals surface area contributed by atoms with Crippen LogP contribution in [0.4, 0.5) is 11.6 Å². The van der Waals surface area contributed by atoms with Crippen molar-refractivity contribution in [3.05, 3.63) is 30.2 Å². The minimum Gasteiger partial charge on any atom is -0.467 e. The average Bonchev–Trinajstić information content (AvgIpc) is 2.81. The fraction of sp³-hybridized carbons (Fsp3) is 0.273. The molecule has 0 atom stereocenters. The lowest BCUT2D eigenvalue weighted by Gasteiger charge is -2.17. The van der Waals surface area contributed by atoms with Crippen LogP contribution in [0.15, 0.2) is 34.0 Å². The van der Waals surface area contributed by atoms with E-state index >= 15 is 0 Å². The first-order valence-electron chi connectivity index (χ1n) is 5.11. The van der Waals surface area contributed by atoms with Gasteiger partial charge in [-0.15, -0.1) is 0 Å². The Hall–Kier alpha value is -1.69. The van der Waals surface area contributed by atoms with Crippen molar-refractivity contribution in [2.75, 3.05) is 23.9 Å². The van der Waals surface area contributed by atoms with Crippen molar-refractivity contribution in [3.63, 3.8) is 0 Å². The number of aromatic nitrogens is 2. The van der Waals surface area contributed by atoms with Gasteiger partial charge in [0.25, 0.3) is 0 Å². The van der Waals surface area contributed by atoms with Crippen LogP contribution in [0.1, 0.15) is 5.76 Å². The third kappa shape index (κ3) is 2.91. The predicted octanol–water partition coefficient (Wildman–Crippen LogP) is 2.01. The van der Waals surface area contributed by atoms with E-state index in [-0.39, 0.29) is 0 Å². The Morgan fingerprint density at radius 1 is 1.47 bits per heavy atom. The van der Waals surface area contributed by atoms with Crippen LogP contribution in [0.5, 0.6) is 0 Å². The van der Waals surface area contributed by atoms with E-state index in [1.54, 1.807) is 12.3 Å². The molecule has 90 valence electrons. The monoisotopic (exact) mass is 250 g/mol. The molecule has 0 bridgehead atoms. The lowest BCUT2D eigenvalue weighted by atomic mass is 10.4. The van der Waals surface area contributed by atoms with Gasteiger partial charge in [-0.05, 0) is 18.4 Å². The predicted molar refractivity (Wildman–Crippen MR) is 69.0 cm³/mol. The summed E-state index contributed by atoms with van der Waals surface area (Å²) >= 11 is 1.47. The molecule has 0 aliphatic heterocycles. The van der Waals surface area contributed by atoms with E-state index in [4.69, 9.17) is 10.2 Å². The minimum atomic E-state index is 0.477. The molecule has 0 radical (unpaired) electrons. The fourth-order valence-electron chi connectivity index (χ4n) is 1.43. The van der Waals surface area contributed by atoms with Gasteiger partial charge in [-0.2, -0.15) is 0 Å². The summed E-state index contributed by atoms with van der Waals surface area (Å²) < 4.78 is 5.29. The number of hydrogen-bond acceptors (Lipinski definition) is 6. The molecule has 17 heavy (non-hydrogen) atoms. The second-order valence-corrected chi connectivity index (χ2v) is 4.35. The van der Waals surface area contributed by atoms with Crippen LogP contribution in [0.3, 0.4) is 0 Å². The van der Waals surface area contributed by atoms with Crippen molar-refractivity contribution in [1.29, 1.82) is 0 Å². The van der Waals surface area contributed by atoms with Crippen LogP contribution in [0.25, 0.3) is 0 Å². The first-order valence-corrected chi connectivity index (χ1v) is 6.33. The number of furan rings is 1. The largest absolute Gasteiger partial charge is 0.467 e. The Bertz CT molecular complexity index is 486. The number of nitrogens with zero attached hydrogens (tertiary/aromatic N) is 3. The highest BCUT2D eigenvalue weighted by Gasteiger charge is 2.08. The van der Waals surface area contributed by atoms with Gasteiger partial charge in [0, 0.05) is 13.1 Å². The lowest BCUT2D eigenvalue weighted by Crippen LogP contribution is -2.18. The summed E-state index contributed by atoms with van der Waals surface area (Å²) in [6.07, 6.45) is 3.58. The van der Waals surface area contributed by atoms with Crippen molar-refractivity contribution < 1.29 is 4.42 Å². The summed E-state index contributed by atoms with van der Waals surface area (Å²) in [5.74, 6) is 2.15. The van der Waals surface area contributed by atoms with Crippen molar-refractivity contribution >= 4 is 23.4 Å². The summed E-state index contributed by atoms with van der Waals surface area (Å²) in [4.78, 5) is 10.5. The van der Waals surface area contributed by atoms with Crippen molar-refractivity contribution in [2.24, 2.45) is 0 Å².